The molecule has 1 aliphatic rings. The molecule has 110 valence electrons. The van der Waals surface area contributed by atoms with E-state index < -0.39 is 31.3 Å². The lowest BCUT2D eigenvalue weighted by Gasteiger charge is -2.29. The summed E-state index contributed by atoms with van der Waals surface area (Å²) in [6, 6.07) is -0.867. The van der Waals surface area contributed by atoms with E-state index in [4.69, 9.17) is 5.11 Å². The summed E-state index contributed by atoms with van der Waals surface area (Å²) in [5, 5.41) is 8.72. The van der Waals surface area contributed by atoms with Gasteiger partial charge in [0, 0.05) is 13.1 Å². The summed E-state index contributed by atoms with van der Waals surface area (Å²) in [4.78, 5) is 24.2. The number of carbonyl (C=O) groups is 2. The van der Waals surface area contributed by atoms with Crippen LogP contribution in [0.4, 0.5) is 18.0 Å². The van der Waals surface area contributed by atoms with Gasteiger partial charge in [-0.3, -0.25) is 4.79 Å². The number of carbonyl (C=O) groups excluding carboxylic acids is 1. The number of rotatable bonds is 6. The minimum Gasteiger partial charge on any atom is -0.480 e. The number of hydrogen-bond donors (Lipinski definition) is 1. The van der Waals surface area contributed by atoms with Gasteiger partial charge in [0.2, 0.25) is 0 Å². The molecule has 19 heavy (non-hydrogen) atoms. The van der Waals surface area contributed by atoms with Crippen LogP contribution in [0, 0.1) is 5.92 Å². The Hall–Kier alpha value is -1.47. The molecule has 0 saturated heterocycles. The van der Waals surface area contributed by atoms with E-state index in [0.717, 1.165) is 17.7 Å². The molecule has 0 radical (unpaired) electrons. The highest BCUT2D eigenvalue weighted by atomic mass is 19.4. The smallest absolute Gasteiger partial charge is 0.406 e. The van der Waals surface area contributed by atoms with E-state index in [2.05, 4.69) is 0 Å². The predicted octanol–water partition coefficient (Wildman–Crippen LogP) is 1.79. The summed E-state index contributed by atoms with van der Waals surface area (Å²) < 4.78 is 37.0. The Morgan fingerprint density at radius 1 is 1.26 bits per heavy atom. The summed E-state index contributed by atoms with van der Waals surface area (Å²) in [5.41, 5.74) is 0. The maximum atomic E-state index is 12.3. The zero-order valence-electron chi connectivity index (χ0n) is 10.6. The van der Waals surface area contributed by atoms with Gasteiger partial charge in [0.1, 0.15) is 13.1 Å². The van der Waals surface area contributed by atoms with Gasteiger partial charge in [-0.2, -0.15) is 13.2 Å². The highest BCUT2D eigenvalue weighted by Gasteiger charge is 2.35. The van der Waals surface area contributed by atoms with Gasteiger partial charge < -0.3 is 14.9 Å². The van der Waals surface area contributed by atoms with Gasteiger partial charge in [-0.25, -0.2) is 4.79 Å². The van der Waals surface area contributed by atoms with E-state index in [1.165, 1.54) is 6.92 Å². The van der Waals surface area contributed by atoms with Crippen LogP contribution in [0.2, 0.25) is 0 Å². The molecule has 0 bridgehead atoms. The number of amides is 2. The number of hydrogen-bond acceptors (Lipinski definition) is 2. The second-order valence-corrected chi connectivity index (χ2v) is 4.63. The maximum absolute atomic E-state index is 12.3. The van der Waals surface area contributed by atoms with Gasteiger partial charge in [-0.05, 0) is 25.7 Å². The van der Waals surface area contributed by atoms with E-state index >= 15 is 0 Å². The monoisotopic (exact) mass is 282 g/mol. The topological polar surface area (TPSA) is 60.9 Å². The Morgan fingerprint density at radius 3 is 2.21 bits per heavy atom. The molecule has 0 aromatic heterocycles. The fraction of sp³-hybridized carbons (Fsp3) is 0.818. The second-order valence-electron chi connectivity index (χ2n) is 4.63. The Balaban J connectivity index is 2.68. The average molecular weight is 282 g/mol. The Morgan fingerprint density at radius 2 is 1.84 bits per heavy atom. The zero-order valence-corrected chi connectivity index (χ0v) is 10.6. The van der Waals surface area contributed by atoms with E-state index in [1.807, 2.05) is 0 Å². The number of halogens is 3. The third-order valence-corrected chi connectivity index (χ3v) is 2.79. The van der Waals surface area contributed by atoms with Crippen LogP contribution in [0.1, 0.15) is 19.8 Å². The molecule has 1 N–H and O–H groups in total. The Kier molecular flexibility index (Phi) is 5.02. The predicted molar refractivity (Wildman–Crippen MR) is 60.6 cm³/mol. The standard InChI is InChI=1S/C11H17F3N2O3/c1-2-15(7-11(12,13)14)10(19)16(6-9(17)18)5-8-3-4-8/h8H,2-7H2,1H3,(H,17,18). The molecule has 0 aliphatic heterocycles. The third kappa shape index (κ3) is 5.80. The molecule has 2 amide bonds. The highest BCUT2D eigenvalue weighted by molar-refractivity contribution is 5.80. The van der Waals surface area contributed by atoms with Crippen LogP contribution in [0.15, 0.2) is 0 Å². The number of alkyl halides is 3. The molecule has 0 heterocycles. The fourth-order valence-electron chi connectivity index (χ4n) is 1.72. The van der Waals surface area contributed by atoms with Crippen LogP contribution in [0.25, 0.3) is 0 Å². The van der Waals surface area contributed by atoms with E-state index in [0.29, 0.717) is 4.90 Å². The number of urea groups is 1. The van der Waals surface area contributed by atoms with E-state index in [9.17, 15) is 22.8 Å². The lowest BCUT2D eigenvalue weighted by atomic mass is 10.3. The fourth-order valence-corrected chi connectivity index (χ4v) is 1.72. The van der Waals surface area contributed by atoms with Crippen LogP contribution in [0.5, 0.6) is 0 Å². The quantitative estimate of drug-likeness (QED) is 0.808. The van der Waals surface area contributed by atoms with Crippen molar-refractivity contribution in [1.29, 1.82) is 0 Å². The zero-order chi connectivity index (χ0) is 14.6. The van der Waals surface area contributed by atoms with E-state index in [-0.39, 0.29) is 19.0 Å². The largest absolute Gasteiger partial charge is 0.480 e. The Labute approximate surface area is 109 Å². The molecule has 8 heteroatoms. The number of carboxylic acids is 1. The lowest BCUT2D eigenvalue weighted by Crippen LogP contribution is -2.49. The summed E-state index contributed by atoms with van der Waals surface area (Å²) in [5.74, 6) is -1.01. The first-order chi connectivity index (χ1) is 8.73. The van der Waals surface area contributed by atoms with Gasteiger partial charge in [-0.15, -0.1) is 0 Å². The highest BCUT2D eigenvalue weighted by Crippen LogP contribution is 2.30. The van der Waals surface area contributed by atoms with Crippen molar-refractivity contribution >= 4 is 12.0 Å². The number of nitrogens with zero attached hydrogens (tertiary/aromatic N) is 2. The van der Waals surface area contributed by atoms with Crippen molar-refractivity contribution in [2.75, 3.05) is 26.2 Å². The normalized spacial score (nSPS) is 15.2. The van der Waals surface area contributed by atoms with Crippen LogP contribution >= 0.6 is 0 Å². The molecule has 1 aliphatic carbocycles. The molecule has 5 nitrogen and oxygen atoms in total. The van der Waals surface area contributed by atoms with Crippen LogP contribution in [-0.2, 0) is 4.79 Å². The maximum Gasteiger partial charge on any atom is 0.406 e. The van der Waals surface area contributed by atoms with Crippen molar-refractivity contribution < 1.29 is 27.9 Å². The summed E-state index contributed by atoms with van der Waals surface area (Å²) in [7, 11) is 0. The van der Waals surface area contributed by atoms with Gasteiger partial charge in [0.25, 0.3) is 0 Å². The van der Waals surface area contributed by atoms with Crippen molar-refractivity contribution in [3.63, 3.8) is 0 Å². The molecule has 0 spiro atoms. The first kappa shape index (κ1) is 15.6. The van der Waals surface area contributed by atoms with Crippen molar-refractivity contribution in [2.24, 2.45) is 5.92 Å². The van der Waals surface area contributed by atoms with Crippen molar-refractivity contribution in [3.05, 3.63) is 0 Å². The summed E-state index contributed by atoms with van der Waals surface area (Å²) >= 11 is 0. The van der Waals surface area contributed by atoms with Gasteiger partial charge in [0.15, 0.2) is 0 Å². The average Bonchev–Trinajstić information content (AvgIpc) is 3.06. The first-order valence-corrected chi connectivity index (χ1v) is 6.05. The molecule has 1 saturated carbocycles. The Bertz CT molecular complexity index is 343. The second kappa shape index (κ2) is 6.12. The molecule has 0 unspecified atom stereocenters. The van der Waals surface area contributed by atoms with Crippen LogP contribution in [-0.4, -0.2) is 59.3 Å². The molecule has 1 fully saturated rings. The molecular weight excluding hydrogens is 265 g/mol. The third-order valence-electron chi connectivity index (χ3n) is 2.79. The van der Waals surface area contributed by atoms with Gasteiger partial charge >= 0.3 is 18.2 Å². The van der Waals surface area contributed by atoms with E-state index in [1.54, 1.807) is 0 Å². The summed E-state index contributed by atoms with van der Waals surface area (Å²) in [6.07, 6.45) is -2.72. The first-order valence-electron chi connectivity index (χ1n) is 6.05. The van der Waals surface area contributed by atoms with Crippen LogP contribution < -0.4 is 0 Å². The van der Waals surface area contributed by atoms with Crippen molar-refractivity contribution in [2.45, 2.75) is 25.9 Å². The number of aliphatic carboxylic acids is 1. The van der Waals surface area contributed by atoms with Gasteiger partial charge in [-0.1, -0.05) is 0 Å². The van der Waals surface area contributed by atoms with Crippen molar-refractivity contribution in [3.8, 4) is 0 Å². The molecule has 0 aromatic rings. The molecule has 1 rings (SSSR count). The lowest BCUT2D eigenvalue weighted by molar-refractivity contribution is -0.141. The minimum atomic E-state index is -4.49. The minimum absolute atomic E-state index is 0.112. The van der Waals surface area contributed by atoms with Gasteiger partial charge in [0.05, 0.1) is 0 Å². The molecule has 0 aromatic carbocycles. The van der Waals surface area contributed by atoms with Crippen molar-refractivity contribution in [1.82, 2.24) is 9.80 Å². The SMILES string of the molecule is CCN(CC(F)(F)F)C(=O)N(CC(=O)O)CC1CC1. The summed E-state index contributed by atoms with van der Waals surface area (Å²) in [6.45, 7) is -0.398. The van der Waals surface area contributed by atoms with Crippen LogP contribution in [0.3, 0.4) is 0 Å². The molecular formula is C11H17F3N2O3. The molecule has 0 atom stereocenters. The number of carboxylic acid groups (broad SMARTS) is 1.